The molecule has 0 spiro atoms. The van der Waals surface area contributed by atoms with Crippen molar-refractivity contribution >= 4 is 17.3 Å². The molecule has 1 aliphatic heterocycles. The van der Waals surface area contributed by atoms with Gasteiger partial charge in [0.25, 0.3) is 0 Å². The quantitative estimate of drug-likeness (QED) is 0.936. The number of carboxylic acid groups (broad SMARTS) is 1. The zero-order valence-electron chi connectivity index (χ0n) is 12.4. The number of aromatic nitrogens is 3. The Morgan fingerprint density at radius 2 is 2.33 bits per heavy atom. The number of hydrogen-bond acceptors (Lipinski definition) is 4. The first kappa shape index (κ1) is 13.9. The largest absolute Gasteiger partial charge is 0.480 e. The van der Waals surface area contributed by atoms with Gasteiger partial charge < -0.3 is 10.0 Å². The molecule has 6 nitrogen and oxygen atoms in total. The summed E-state index contributed by atoms with van der Waals surface area (Å²) in [6, 6.07) is 1.45. The van der Waals surface area contributed by atoms with Crippen LogP contribution >= 0.6 is 0 Å². The summed E-state index contributed by atoms with van der Waals surface area (Å²) in [5.74, 6) is 0.432. The second-order valence-electron chi connectivity index (χ2n) is 5.71. The summed E-state index contributed by atoms with van der Waals surface area (Å²) in [6.45, 7) is 4.78. The molecule has 2 unspecified atom stereocenters. The van der Waals surface area contributed by atoms with Gasteiger partial charge in [0, 0.05) is 18.9 Å². The second-order valence-corrected chi connectivity index (χ2v) is 5.71. The predicted octanol–water partition coefficient (Wildman–Crippen LogP) is 2.12. The molecule has 0 amide bonds. The molecule has 0 radical (unpaired) electrons. The number of fused-ring (bicyclic) bond motifs is 1. The lowest BCUT2D eigenvalue weighted by Crippen LogP contribution is -2.47. The fraction of sp³-hybridized carbons (Fsp3) is 0.533. The number of anilines is 1. The lowest BCUT2D eigenvalue weighted by atomic mass is 9.89. The van der Waals surface area contributed by atoms with Crippen molar-refractivity contribution in [2.45, 2.75) is 39.2 Å². The van der Waals surface area contributed by atoms with Gasteiger partial charge in [-0.3, -0.25) is 0 Å². The Morgan fingerprint density at radius 1 is 1.52 bits per heavy atom. The Bertz CT molecular complexity index is 667. The van der Waals surface area contributed by atoms with Crippen molar-refractivity contribution in [3.8, 4) is 0 Å². The Morgan fingerprint density at radius 3 is 3.05 bits per heavy atom. The van der Waals surface area contributed by atoms with Crippen LogP contribution in [0.15, 0.2) is 18.5 Å². The van der Waals surface area contributed by atoms with Crippen LogP contribution in [-0.2, 0) is 4.79 Å². The fourth-order valence-electron chi connectivity index (χ4n) is 3.15. The van der Waals surface area contributed by atoms with Gasteiger partial charge in [-0.15, -0.1) is 0 Å². The third kappa shape index (κ3) is 2.46. The van der Waals surface area contributed by atoms with Crippen LogP contribution in [0.5, 0.6) is 0 Å². The summed E-state index contributed by atoms with van der Waals surface area (Å²) in [7, 11) is 0. The molecule has 1 fully saturated rings. The van der Waals surface area contributed by atoms with E-state index in [2.05, 4.69) is 17.0 Å². The second kappa shape index (κ2) is 5.35. The van der Waals surface area contributed by atoms with E-state index in [1.54, 1.807) is 16.9 Å². The molecule has 0 bridgehead atoms. The van der Waals surface area contributed by atoms with Gasteiger partial charge in [0.1, 0.15) is 11.6 Å². The highest BCUT2D eigenvalue weighted by Crippen LogP contribution is 2.31. The van der Waals surface area contributed by atoms with E-state index in [1.165, 1.54) is 0 Å². The van der Waals surface area contributed by atoms with Crippen LogP contribution in [0.3, 0.4) is 0 Å². The number of carbonyl (C=O) groups is 1. The third-order valence-corrected chi connectivity index (χ3v) is 4.34. The molecule has 1 saturated heterocycles. The highest BCUT2D eigenvalue weighted by molar-refractivity contribution is 5.81. The molecular formula is C15H20N4O2. The minimum atomic E-state index is -0.770. The zero-order valence-corrected chi connectivity index (χ0v) is 12.4. The number of carboxylic acids is 1. The summed E-state index contributed by atoms with van der Waals surface area (Å²) in [4.78, 5) is 18.0. The molecule has 1 N–H and O–H groups in total. The minimum absolute atomic E-state index is 0.480. The van der Waals surface area contributed by atoms with E-state index in [1.807, 2.05) is 17.9 Å². The average Bonchev–Trinajstić information content (AvgIpc) is 2.86. The monoisotopic (exact) mass is 288 g/mol. The maximum Gasteiger partial charge on any atom is 0.326 e. The molecule has 2 atom stereocenters. The Kier molecular flexibility index (Phi) is 3.53. The van der Waals surface area contributed by atoms with Crippen molar-refractivity contribution in [3.05, 3.63) is 24.2 Å². The normalized spacial score (nSPS) is 22.7. The number of hydrogen-bond donors (Lipinski definition) is 1. The molecule has 21 heavy (non-hydrogen) atoms. The van der Waals surface area contributed by atoms with E-state index in [0.717, 1.165) is 36.4 Å². The molecule has 0 saturated carbocycles. The first-order valence-corrected chi connectivity index (χ1v) is 7.40. The lowest BCUT2D eigenvalue weighted by Gasteiger charge is -2.37. The van der Waals surface area contributed by atoms with Crippen molar-refractivity contribution in [3.63, 3.8) is 0 Å². The van der Waals surface area contributed by atoms with Crippen LogP contribution in [0.1, 0.15) is 31.9 Å². The number of aryl methyl sites for hydroxylation is 1. The van der Waals surface area contributed by atoms with Gasteiger partial charge in [0.2, 0.25) is 0 Å². The SMILES string of the molecule is CCC1CCN(c2nccn3nc(C)cc23)C(C(=O)O)C1. The van der Waals surface area contributed by atoms with Gasteiger partial charge in [-0.25, -0.2) is 14.3 Å². The average molecular weight is 288 g/mol. The highest BCUT2D eigenvalue weighted by atomic mass is 16.4. The van der Waals surface area contributed by atoms with Crippen molar-refractivity contribution in [2.75, 3.05) is 11.4 Å². The Hall–Kier alpha value is -2.11. The van der Waals surface area contributed by atoms with Crippen LogP contribution in [0.2, 0.25) is 0 Å². The van der Waals surface area contributed by atoms with Gasteiger partial charge in [-0.05, 0) is 31.7 Å². The number of nitrogens with zero attached hydrogens (tertiary/aromatic N) is 4. The summed E-state index contributed by atoms with van der Waals surface area (Å²) in [6.07, 6.45) is 6.19. The van der Waals surface area contributed by atoms with Gasteiger partial charge in [-0.1, -0.05) is 13.3 Å². The van der Waals surface area contributed by atoms with Gasteiger partial charge in [0.15, 0.2) is 5.82 Å². The van der Waals surface area contributed by atoms with Crippen LogP contribution in [0.4, 0.5) is 5.82 Å². The predicted molar refractivity (Wildman–Crippen MR) is 79.5 cm³/mol. The standard InChI is InChI=1S/C15H20N4O2/c1-3-11-4-6-18(13(9-11)15(20)21)14-12-8-10(2)17-19(12)7-5-16-14/h5,7-8,11,13H,3-4,6,9H2,1-2H3,(H,20,21). The van der Waals surface area contributed by atoms with E-state index in [-0.39, 0.29) is 0 Å². The molecular weight excluding hydrogens is 268 g/mol. The van der Waals surface area contributed by atoms with E-state index in [4.69, 9.17) is 0 Å². The highest BCUT2D eigenvalue weighted by Gasteiger charge is 2.34. The topological polar surface area (TPSA) is 70.7 Å². The van der Waals surface area contributed by atoms with E-state index < -0.39 is 12.0 Å². The molecule has 1 aliphatic rings. The van der Waals surface area contributed by atoms with Gasteiger partial charge >= 0.3 is 5.97 Å². The first-order chi connectivity index (χ1) is 10.1. The molecule has 3 heterocycles. The maximum absolute atomic E-state index is 11.6. The fourth-order valence-corrected chi connectivity index (χ4v) is 3.15. The van der Waals surface area contributed by atoms with Gasteiger partial charge in [0.05, 0.1) is 5.69 Å². The number of piperidine rings is 1. The smallest absolute Gasteiger partial charge is 0.326 e. The summed E-state index contributed by atoms with van der Waals surface area (Å²) >= 11 is 0. The van der Waals surface area contributed by atoms with E-state index >= 15 is 0 Å². The number of aliphatic carboxylic acids is 1. The Labute approximate surface area is 123 Å². The maximum atomic E-state index is 11.6. The van der Waals surface area contributed by atoms with Crippen molar-refractivity contribution < 1.29 is 9.90 Å². The molecule has 2 aromatic rings. The number of rotatable bonds is 3. The molecule has 6 heteroatoms. The van der Waals surface area contributed by atoms with Crippen molar-refractivity contribution in [1.82, 2.24) is 14.6 Å². The molecule has 3 rings (SSSR count). The molecule has 0 aromatic carbocycles. The summed E-state index contributed by atoms with van der Waals surface area (Å²) in [5.41, 5.74) is 1.77. The first-order valence-electron chi connectivity index (χ1n) is 7.40. The van der Waals surface area contributed by atoms with Crippen molar-refractivity contribution in [1.29, 1.82) is 0 Å². The zero-order chi connectivity index (χ0) is 15.0. The molecule has 0 aliphatic carbocycles. The third-order valence-electron chi connectivity index (χ3n) is 4.34. The minimum Gasteiger partial charge on any atom is -0.480 e. The summed E-state index contributed by atoms with van der Waals surface area (Å²) < 4.78 is 1.77. The van der Waals surface area contributed by atoms with Crippen molar-refractivity contribution in [2.24, 2.45) is 5.92 Å². The summed E-state index contributed by atoms with van der Waals surface area (Å²) in [5, 5.41) is 13.9. The van der Waals surface area contributed by atoms with Crippen LogP contribution in [-0.4, -0.2) is 38.3 Å². The van der Waals surface area contributed by atoms with Crippen LogP contribution in [0, 0.1) is 12.8 Å². The van der Waals surface area contributed by atoms with Gasteiger partial charge in [-0.2, -0.15) is 5.10 Å². The Balaban J connectivity index is 2.02. The van der Waals surface area contributed by atoms with E-state index in [9.17, 15) is 9.90 Å². The van der Waals surface area contributed by atoms with E-state index in [0.29, 0.717) is 12.3 Å². The lowest BCUT2D eigenvalue weighted by molar-refractivity contribution is -0.139. The molecule has 112 valence electrons. The van der Waals surface area contributed by atoms with Crippen LogP contribution in [0.25, 0.3) is 5.52 Å². The van der Waals surface area contributed by atoms with Crippen LogP contribution < -0.4 is 4.90 Å². The molecule has 2 aromatic heterocycles.